The van der Waals surface area contributed by atoms with Gasteiger partial charge in [0.1, 0.15) is 5.82 Å². The lowest BCUT2D eigenvalue weighted by molar-refractivity contribution is 0.389. The van der Waals surface area contributed by atoms with Gasteiger partial charge in [-0.05, 0) is 25.8 Å². The van der Waals surface area contributed by atoms with Crippen molar-refractivity contribution >= 4 is 11.6 Å². The molecule has 14 heavy (non-hydrogen) atoms. The Labute approximate surface area is 89.5 Å². The second kappa shape index (κ2) is 3.91. The normalized spacial score (nSPS) is 20.9. The summed E-state index contributed by atoms with van der Waals surface area (Å²) in [5, 5.41) is 3.82. The van der Waals surface area contributed by atoms with Gasteiger partial charge in [0, 0.05) is 6.54 Å². The van der Waals surface area contributed by atoms with E-state index in [-0.39, 0.29) is 0 Å². The number of nitrogens with zero attached hydrogens (tertiary/aromatic N) is 2. The number of halogens is 1. The Balaban J connectivity index is 2.34. The van der Waals surface area contributed by atoms with E-state index in [4.69, 9.17) is 11.6 Å². The van der Waals surface area contributed by atoms with Crippen LogP contribution >= 0.6 is 11.6 Å². The first-order valence-electron chi connectivity index (χ1n) is 5.10. The minimum atomic E-state index is 0.696. The Bertz CT molecular complexity index is 332. The number of fused-ring (bicyclic) bond motifs is 1. The first kappa shape index (κ1) is 9.99. The lowest BCUT2D eigenvalue weighted by Gasteiger charge is -2.22. The molecule has 0 spiro atoms. The van der Waals surface area contributed by atoms with Crippen LogP contribution in [0.25, 0.3) is 0 Å². The maximum atomic E-state index is 6.09. The van der Waals surface area contributed by atoms with Gasteiger partial charge in [0.2, 0.25) is 0 Å². The van der Waals surface area contributed by atoms with Crippen molar-refractivity contribution in [3.8, 4) is 0 Å². The predicted octanol–water partition coefficient (Wildman–Crippen LogP) is 1.84. The van der Waals surface area contributed by atoms with E-state index in [9.17, 15) is 0 Å². The molecule has 0 saturated heterocycles. The van der Waals surface area contributed by atoms with Gasteiger partial charge in [0.05, 0.1) is 12.2 Å². The van der Waals surface area contributed by atoms with Crippen LogP contribution in [-0.2, 0) is 19.5 Å². The number of rotatable bonds is 2. The highest BCUT2D eigenvalue weighted by Gasteiger charge is 2.21. The molecule has 1 N–H and O–H groups in total. The molecule has 0 aromatic carbocycles. The van der Waals surface area contributed by atoms with Crippen LogP contribution in [0.15, 0.2) is 0 Å². The van der Waals surface area contributed by atoms with Gasteiger partial charge in [-0.2, -0.15) is 0 Å². The molecule has 0 fully saturated rings. The summed E-state index contributed by atoms with van der Waals surface area (Å²) >= 11 is 6.09. The monoisotopic (exact) mass is 213 g/mol. The van der Waals surface area contributed by atoms with E-state index in [1.54, 1.807) is 0 Å². The Kier molecular flexibility index (Phi) is 2.79. The summed E-state index contributed by atoms with van der Waals surface area (Å²) in [4.78, 5) is 4.38. The fourth-order valence-electron chi connectivity index (χ4n) is 2.04. The molecule has 2 rings (SSSR count). The maximum absolute atomic E-state index is 6.09. The van der Waals surface area contributed by atoms with Gasteiger partial charge in [-0.25, -0.2) is 4.98 Å². The first-order chi connectivity index (χ1) is 6.72. The van der Waals surface area contributed by atoms with Crippen molar-refractivity contribution in [3.05, 3.63) is 16.7 Å². The molecular formula is C10H16ClN3. The topological polar surface area (TPSA) is 29.9 Å². The zero-order valence-corrected chi connectivity index (χ0v) is 9.43. The van der Waals surface area contributed by atoms with Crippen molar-refractivity contribution in [3.63, 3.8) is 0 Å². The van der Waals surface area contributed by atoms with E-state index in [0.717, 1.165) is 31.3 Å². The fourth-order valence-corrected chi connectivity index (χ4v) is 2.33. The van der Waals surface area contributed by atoms with E-state index in [2.05, 4.69) is 21.8 Å². The lowest BCUT2D eigenvalue weighted by Crippen LogP contribution is -2.21. The minimum Gasteiger partial charge on any atom is -0.329 e. The summed E-state index contributed by atoms with van der Waals surface area (Å²) in [6.07, 6.45) is 2.29. The molecule has 0 amide bonds. The number of hydrogen-bond acceptors (Lipinski definition) is 2. The van der Waals surface area contributed by atoms with Crippen LogP contribution in [0.2, 0.25) is 5.15 Å². The third-order valence-corrected chi connectivity index (χ3v) is 3.11. The van der Waals surface area contributed by atoms with Crippen molar-refractivity contribution in [1.82, 2.24) is 14.9 Å². The third-order valence-electron chi connectivity index (χ3n) is 2.81. The van der Waals surface area contributed by atoms with E-state index < -0.39 is 0 Å². The van der Waals surface area contributed by atoms with E-state index >= 15 is 0 Å². The van der Waals surface area contributed by atoms with Gasteiger partial charge in [-0.3, -0.25) is 0 Å². The summed E-state index contributed by atoms with van der Waals surface area (Å²) in [5.41, 5.74) is 1.22. The average Bonchev–Trinajstić information content (AvgIpc) is 2.44. The van der Waals surface area contributed by atoms with Gasteiger partial charge in [0.25, 0.3) is 0 Å². The van der Waals surface area contributed by atoms with E-state index in [0.29, 0.717) is 5.15 Å². The molecule has 78 valence electrons. The number of nitrogens with one attached hydrogen (secondary N) is 1. The molecular weight excluding hydrogens is 198 g/mol. The zero-order valence-electron chi connectivity index (χ0n) is 8.68. The molecule has 1 unspecified atom stereocenters. The second-order valence-electron chi connectivity index (χ2n) is 4.05. The van der Waals surface area contributed by atoms with E-state index in [1.165, 1.54) is 12.1 Å². The Morgan fingerprint density at radius 2 is 2.43 bits per heavy atom. The Morgan fingerprint density at radius 3 is 3.14 bits per heavy atom. The van der Waals surface area contributed by atoms with Crippen LogP contribution in [0.5, 0.6) is 0 Å². The summed E-state index contributed by atoms with van der Waals surface area (Å²) in [6.45, 7) is 4.14. The molecule has 1 atom stereocenters. The number of hydrogen-bond donors (Lipinski definition) is 1. The highest BCUT2D eigenvalue weighted by atomic mass is 35.5. The SMILES string of the molecule is CNCc1nc(Cl)c2n1CC(C)CC2. The van der Waals surface area contributed by atoms with Gasteiger partial charge in [0.15, 0.2) is 5.15 Å². The van der Waals surface area contributed by atoms with Crippen molar-refractivity contribution in [2.75, 3.05) is 7.05 Å². The smallest absolute Gasteiger partial charge is 0.150 e. The van der Waals surface area contributed by atoms with Crippen LogP contribution < -0.4 is 5.32 Å². The molecule has 1 aliphatic heterocycles. The molecule has 0 saturated carbocycles. The molecule has 0 aliphatic carbocycles. The summed E-state index contributed by atoms with van der Waals surface area (Å²) in [5.74, 6) is 1.81. The minimum absolute atomic E-state index is 0.696. The molecule has 0 bridgehead atoms. The lowest BCUT2D eigenvalue weighted by atomic mass is 10.0. The van der Waals surface area contributed by atoms with Gasteiger partial charge >= 0.3 is 0 Å². The maximum Gasteiger partial charge on any atom is 0.150 e. The van der Waals surface area contributed by atoms with Gasteiger partial charge < -0.3 is 9.88 Å². The fraction of sp³-hybridized carbons (Fsp3) is 0.700. The standard InChI is InChI=1S/C10H16ClN3/c1-7-3-4-8-10(11)13-9(5-12-2)14(8)6-7/h7,12H,3-6H2,1-2H3. The molecule has 2 heterocycles. The molecule has 1 aliphatic rings. The van der Waals surface area contributed by atoms with Crippen LogP contribution in [-0.4, -0.2) is 16.6 Å². The van der Waals surface area contributed by atoms with Crippen molar-refractivity contribution in [1.29, 1.82) is 0 Å². The number of imidazole rings is 1. The van der Waals surface area contributed by atoms with Crippen molar-refractivity contribution in [2.24, 2.45) is 5.92 Å². The summed E-state index contributed by atoms with van der Waals surface area (Å²) in [6, 6.07) is 0. The van der Waals surface area contributed by atoms with E-state index in [1.807, 2.05) is 7.05 Å². The van der Waals surface area contributed by atoms with Crippen LogP contribution in [0.3, 0.4) is 0 Å². The number of aromatic nitrogens is 2. The van der Waals surface area contributed by atoms with Crippen LogP contribution in [0.4, 0.5) is 0 Å². The molecule has 3 nitrogen and oxygen atoms in total. The van der Waals surface area contributed by atoms with Crippen LogP contribution in [0.1, 0.15) is 24.9 Å². The first-order valence-corrected chi connectivity index (χ1v) is 5.48. The molecule has 0 radical (unpaired) electrons. The molecule has 4 heteroatoms. The highest BCUT2D eigenvalue weighted by Crippen LogP contribution is 2.26. The second-order valence-corrected chi connectivity index (χ2v) is 4.41. The molecule has 1 aromatic rings. The zero-order chi connectivity index (χ0) is 10.1. The molecule has 1 aromatic heterocycles. The summed E-state index contributed by atoms with van der Waals surface area (Å²) in [7, 11) is 1.93. The third kappa shape index (κ3) is 1.66. The largest absolute Gasteiger partial charge is 0.329 e. The Morgan fingerprint density at radius 1 is 1.64 bits per heavy atom. The predicted molar refractivity (Wildman–Crippen MR) is 57.5 cm³/mol. The van der Waals surface area contributed by atoms with Crippen LogP contribution in [0, 0.1) is 5.92 Å². The summed E-state index contributed by atoms with van der Waals surface area (Å²) < 4.78 is 2.27. The van der Waals surface area contributed by atoms with Crippen molar-refractivity contribution in [2.45, 2.75) is 32.9 Å². The average molecular weight is 214 g/mol. The quantitative estimate of drug-likeness (QED) is 0.813. The van der Waals surface area contributed by atoms with Crippen molar-refractivity contribution < 1.29 is 0 Å². The van der Waals surface area contributed by atoms with Gasteiger partial charge in [-0.15, -0.1) is 0 Å². The Hall–Kier alpha value is -0.540. The van der Waals surface area contributed by atoms with Gasteiger partial charge in [-0.1, -0.05) is 18.5 Å². The highest BCUT2D eigenvalue weighted by molar-refractivity contribution is 6.30.